The van der Waals surface area contributed by atoms with Crippen molar-refractivity contribution in [2.24, 2.45) is 7.05 Å². The molecule has 1 aliphatic rings. The molecule has 29 heavy (non-hydrogen) atoms. The van der Waals surface area contributed by atoms with Crippen LogP contribution in [-0.4, -0.2) is 39.2 Å². The highest BCUT2D eigenvalue weighted by Gasteiger charge is 2.29. The number of carbonyl (C=O) groups is 2. The van der Waals surface area contributed by atoms with Gasteiger partial charge >= 0.3 is 0 Å². The summed E-state index contributed by atoms with van der Waals surface area (Å²) in [4.78, 5) is 26.7. The van der Waals surface area contributed by atoms with Crippen LogP contribution in [0, 0.1) is 0 Å². The first-order chi connectivity index (χ1) is 13.8. The first-order valence-electron chi connectivity index (χ1n) is 10.1. The normalized spacial score (nSPS) is 14.2. The standard InChI is InChI=1S/C22H30N4O3/c1-15(2)29-10-8-21(27)23-12-17-5-6-18-13-26(14-19(18)11-17)22(28)16(3)20-7-9-24-25(20)4/h5-7,9,11,15-16H,8,10,12-14H2,1-4H3,(H,23,27). The predicted molar refractivity (Wildman–Crippen MR) is 110 cm³/mol. The van der Waals surface area contributed by atoms with Crippen LogP contribution in [0.2, 0.25) is 0 Å². The Balaban J connectivity index is 1.54. The Hall–Kier alpha value is -2.67. The van der Waals surface area contributed by atoms with E-state index in [1.54, 1.807) is 10.9 Å². The molecule has 1 aromatic carbocycles. The molecule has 1 aromatic heterocycles. The van der Waals surface area contributed by atoms with Crippen molar-refractivity contribution in [1.82, 2.24) is 20.0 Å². The maximum atomic E-state index is 12.9. The fourth-order valence-corrected chi connectivity index (χ4v) is 3.60. The van der Waals surface area contributed by atoms with Gasteiger partial charge in [-0.25, -0.2) is 0 Å². The summed E-state index contributed by atoms with van der Waals surface area (Å²) in [5.41, 5.74) is 4.26. The van der Waals surface area contributed by atoms with Crippen LogP contribution in [0.25, 0.3) is 0 Å². The molecule has 2 aromatic rings. The van der Waals surface area contributed by atoms with Gasteiger partial charge in [-0.05, 0) is 43.5 Å². The fraction of sp³-hybridized carbons (Fsp3) is 0.500. The van der Waals surface area contributed by atoms with Crippen molar-refractivity contribution in [2.45, 2.75) is 58.8 Å². The molecule has 156 valence electrons. The van der Waals surface area contributed by atoms with Gasteiger partial charge in [0, 0.05) is 39.3 Å². The Bertz CT molecular complexity index is 875. The van der Waals surface area contributed by atoms with E-state index in [0.29, 0.717) is 32.7 Å². The van der Waals surface area contributed by atoms with E-state index >= 15 is 0 Å². The third kappa shape index (κ3) is 5.23. The number of ether oxygens (including phenoxy) is 1. The molecule has 2 amide bonds. The topological polar surface area (TPSA) is 76.5 Å². The van der Waals surface area contributed by atoms with E-state index in [9.17, 15) is 9.59 Å². The number of hydrogen-bond acceptors (Lipinski definition) is 4. The van der Waals surface area contributed by atoms with Crippen molar-refractivity contribution in [1.29, 1.82) is 0 Å². The number of aryl methyl sites for hydroxylation is 1. The van der Waals surface area contributed by atoms with Gasteiger partial charge in [-0.3, -0.25) is 14.3 Å². The highest BCUT2D eigenvalue weighted by atomic mass is 16.5. The van der Waals surface area contributed by atoms with E-state index < -0.39 is 0 Å². The number of nitrogens with zero attached hydrogens (tertiary/aromatic N) is 3. The fourth-order valence-electron chi connectivity index (χ4n) is 3.60. The average Bonchev–Trinajstić information content (AvgIpc) is 3.30. The van der Waals surface area contributed by atoms with Gasteiger partial charge < -0.3 is 15.0 Å². The van der Waals surface area contributed by atoms with Gasteiger partial charge in [0.05, 0.1) is 24.3 Å². The number of fused-ring (bicyclic) bond motifs is 1. The molecule has 1 unspecified atom stereocenters. The lowest BCUT2D eigenvalue weighted by Crippen LogP contribution is -2.30. The highest BCUT2D eigenvalue weighted by molar-refractivity contribution is 5.83. The summed E-state index contributed by atoms with van der Waals surface area (Å²) in [6.45, 7) is 7.96. The maximum absolute atomic E-state index is 12.9. The Labute approximate surface area is 172 Å². The van der Waals surface area contributed by atoms with E-state index in [2.05, 4.69) is 22.5 Å². The minimum absolute atomic E-state index is 0.0204. The van der Waals surface area contributed by atoms with E-state index in [1.165, 1.54) is 0 Å². The Kier molecular flexibility index (Phi) is 6.69. The van der Waals surface area contributed by atoms with Crippen LogP contribution in [0.15, 0.2) is 30.5 Å². The highest BCUT2D eigenvalue weighted by Crippen LogP contribution is 2.27. The molecule has 1 atom stereocenters. The lowest BCUT2D eigenvalue weighted by molar-refractivity contribution is -0.133. The first-order valence-corrected chi connectivity index (χ1v) is 10.1. The lowest BCUT2D eigenvalue weighted by Gasteiger charge is -2.20. The van der Waals surface area contributed by atoms with Gasteiger partial charge in [-0.1, -0.05) is 18.2 Å². The summed E-state index contributed by atoms with van der Waals surface area (Å²) >= 11 is 0. The monoisotopic (exact) mass is 398 g/mol. The van der Waals surface area contributed by atoms with Crippen molar-refractivity contribution in [3.63, 3.8) is 0 Å². The summed E-state index contributed by atoms with van der Waals surface area (Å²) in [5, 5.41) is 7.09. The van der Waals surface area contributed by atoms with Crippen LogP contribution in [0.4, 0.5) is 0 Å². The molecule has 0 saturated heterocycles. The van der Waals surface area contributed by atoms with Crippen LogP contribution in [0.5, 0.6) is 0 Å². The average molecular weight is 399 g/mol. The zero-order valence-electron chi connectivity index (χ0n) is 17.6. The Morgan fingerprint density at radius 2 is 1.93 bits per heavy atom. The molecule has 0 fully saturated rings. The Morgan fingerprint density at radius 1 is 1.17 bits per heavy atom. The van der Waals surface area contributed by atoms with Crippen molar-refractivity contribution in [3.05, 3.63) is 52.8 Å². The Morgan fingerprint density at radius 3 is 2.62 bits per heavy atom. The predicted octanol–water partition coefficient (Wildman–Crippen LogP) is 2.50. The molecular formula is C22H30N4O3. The van der Waals surface area contributed by atoms with Gasteiger partial charge in [0.1, 0.15) is 0 Å². The van der Waals surface area contributed by atoms with Crippen LogP contribution in [0.1, 0.15) is 55.5 Å². The molecule has 0 spiro atoms. The minimum atomic E-state index is -0.233. The molecule has 0 saturated carbocycles. The molecule has 0 radical (unpaired) electrons. The van der Waals surface area contributed by atoms with Gasteiger partial charge in [-0.15, -0.1) is 0 Å². The van der Waals surface area contributed by atoms with Crippen molar-refractivity contribution >= 4 is 11.8 Å². The van der Waals surface area contributed by atoms with Crippen molar-refractivity contribution < 1.29 is 14.3 Å². The quantitative estimate of drug-likeness (QED) is 0.741. The molecule has 7 heteroatoms. The van der Waals surface area contributed by atoms with Gasteiger partial charge in [0.15, 0.2) is 0 Å². The van der Waals surface area contributed by atoms with Crippen molar-refractivity contribution in [2.75, 3.05) is 6.61 Å². The molecular weight excluding hydrogens is 368 g/mol. The van der Waals surface area contributed by atoms with E-state index in [-0.39, 0.29) is 23.8 Å². The summed E-state index contributed by atoms with van der Waals surface area (Å²) in [5.74, 6) is -0.151. The number of carbonyl (C=O) groups excluding carboxylic acids is 2. The maximum Gasteiger partial charge on any atom is 0.232 e. The molecule has 2 heterocycles. The molecule has 3 rings (SSSR count). The van der Waals surface area contributed by atoms with Gasteiger partial charge in [-0.2, -0.15) is 5.10 Å². The van der Waals surface area contributed by atoms with Crippen LogP contribution in [-0.2, 0) is 41.0 Å². The van der Waals surface area contributed by atoms with Crippen LogP contribution < -0.4 is 5.32 Å². The summed E-state index contributed by atoms with van der Waals surface area (Å²) < 4.78 is 7.16. The first kappa shape index (κ1) is 21.0. The second kappa shape index (κ2) is 9.22. The zero-order valence-corrected chi connectivity index (χ0v) is 17.6. The summed E-state index contributed by atoms with van der Waals surface area (Å²) in [7, 11) is 1.85. The number of aromatic nitrogens is 2. The number of rotatable bonds is 8. The van der Waals surface area contributed by atoms with Gasteiger partial charge in [0.2, 0.25) is 11.8 Å². The smallest absolute Gasteiger partial charge is 0.232 e. The molecule has 7 nitrogen and oxygen atoms in total. The molecule has 1 aliphatic heterocycles. The number of hydrogen-bond donors (Lipinski definition) is 1. The van der Waals surface area contributed by atoms with E-state index in [0.717, 1.165) is 22.4 Å². The zero-order chi connectivity index (χ0) is 21.0. The minimum Gasteiger partial charge on any atom is -0.378 e. The molecule has 0 aliphatic carbocycles. The third-order valence-electron chi connectivity index (χ3n) is 5.25. The molecule has 1 N–H and O–H groups in total. The number of nitrogens with one attached hydrogen (secondary N) is 1. The van der Waals surface area contributed by atoms with Crippen LogP contribution >= 0.6 is 0 Å². The van der Waals surface area contributed by atoms with Gasteiger partial charge in [0.25, 0.3) is 0 Å². The lowest BCUT2D eigenvalue weighted by atomic mass is 10.1. The molecule has 0 bridgehead atoms. The third-order valence-corrected chi connectivity index (χ3v) is 5.25. The van der Waals surface area contributed by atoms with Crippen LogP contribution in [0.3, 0.4) is 0 Å². The van der Waals surface area contributed by atoms with Crippen molar-refractivity contribution in [3.8, 4) is 0 Å². The van der Waals surface area contributed by atoms with E-state index in [1.807, 2.05) is 44.9 Å². The number of benzene rings is 1. The van der Waals surface area contributed by atoms with E-state index in [4.69, 9.17) is 4.74 Å². The largest absolute Gasteiger partial charge is 0.378 e. The SMILES string of the molecule is CC(C)OCCC(=O)NCc1ccc2c(c1)CN(C(=O)C(C)c1ccnn1C)C2. The second-order valence-corrected chi connectivity index (χ2v) is 7.85. The summed E-state index contributed by atoms with van der Waals surface area (Å²) in [6, 6.07) is 8.05. The summed E-state index contributed by atoms with van der Waals surface area (Å²) in [6.07, 6.45) is 2.20. The second-order valence-electron chi connectivity index (χ2n) is 7.85. The number of amides is 2.